The van der Waals surface area contributed by atoms with Gasteiger partial charge in [0.2, 0.25) is 5.91 Å². The molecule has 0 radical (unpaired) electrons. The number of nitrogens with zero attached hydrogens (tertiary/aromatic N) is 2. The third-order valence-electron chi connectivity index (χ3n) is 4.34. The first-order valence-corrected chi connectivity index (χ1v) is 7.85. The Morgan fingerprint density at radius 1 is 1.05 bits per heavy atom. The Labute approximate surface area is 132 Å². The number of amides is 1. The van der Waals surface area contributed by atoms with E-state index in [1.54, 1.807) is 0 Å². The molecule has 0 saturated carbocycles. The fraction of sp³-hybridized carbons (Fsp3) is 0.316. The van der Waals surface area contributed by atoms with Crippen LogP contribution in [0.4, 0.5) is 5.69 Å². The second kappa shape index (κ2) is 6.65. The lowest BCUT2D eigenvalue weighted by molar-refractivity contribution is -0.131. The summed E-state index contributed by atoms with van der Waals surface area (Å²) < 4.78 is 0. The van der Waals surface area contributed by atoms with Gasteiger partial charge in [-0.3, -0.25) is 4.79 Å². The number of carbonyl (C=O) groups is 1. The molecule has 0 aliphatic carbocycles. The molecule has 2 aromatic carbocycles. The van der Waals surface area contributed by atoms with Crippen molar-refractivity contribution < 1.29 is 4.79 Å². The molecule has 0 saturated heterocycles. The number of carbonyl (C=O) groups excluding carboxylic acids is 1. The number of rotatable bonds is 4. The van der Waals surface area contributed by atoms with Crippen LogP contribution in [0.5, 0.6) is 0 Å². The van der Waals surface area contributed by atoms with Gasteiger partial charge in [-0.15, -0.1) is 0 Å². The number of fused-ring (bicyclic) bond motifs is 1. The second-order valence-electron chi connectivity index (χ2n) is 5.84. The average molecular weight is 294 g/mol. The van der Waals surface area contributed by atoms with Gasteiger partial charge in [0.05, 0.1) is 0 Å². The van der Waals surface area contributed by atoms with Crippen LogP contribution in [0.1, 0.15) is 17.5 Å². The van der Waals surface area contributed by atoms with Crippen LogP contribution in [0, 0.1) is 0 Å². The number of anilines is 1. The maximum Gasteiger partial charge on any atom is 0.224 e. The molecule has 0 atom stereocenters. The number of hydrogen-bond acceptors (Lipinski definition) is 2. The zero-order chi connectivity index (χ0) is 15.4. The van der Waals surface area contributed by atoms with Crippen molar-refractivity contribution in [2.24, 2.45) is 0 Å². The molecule has 0 bridgehead atoms. The summed E-state index contributed by atoms with van der Waals surface area (Å²) in [6.45, 7) is 2.34. The maximum atomic E-state index is 12.4. The first kappa shape index (κ1) is 14.6. The van der Waals surface area contributed by atoms with Crippen molar-refractivity contribution in [3.05, 3.63) is 65.7 Å². The van der Waals surface area contributed by atoms with E-state index in [0.717, 1.165) is 31.7 Å². The largest absolute Gasteiger partial charge is 0.374 e. The van der Waals surface area contributed by atoms with Gasteiger partial charge in [-0.25, -0.2) is 0 Å². The normalized spacial score (nSPS) is 13.6. The van der Waals surface area contributed by atoms with E-state index in [9.17, 15) is 4.79 Å². The maximum absolute atomic E-state index is 12.4. The van der Waals surface area contributed by atoms with Gasteiger partial charge in [0.1, 0.15) is 0 Å². The Morgan fingerprint density at radius 2 is 1.73 bits per heavy atom. The minimum Gasteiger partial charge on any atom is -0.374 e. The van der Waals surface area contributed by atoms with Gasteiger partial charge >= 0.3 is 0 Å². The van der Waals surface area contributed by atoms with Crippen molar-refractivity contribution in [3.63, 3.8) is 0 Å². The van der Waals surface area contributed by atoms with Gasteiger partial charge in [0, 0.05) is 38.8 Å². The van der Waals surface area contributed by atoms with E-state index in [0.29, 0.717) is 6.42 Å². The monoisotopic (exact) mass is 294 g/mol. The van der Waals surface area contributed by atoms with Crippen molar-refractivity contribution in [1.29, 1.82) is 0 Å². The SMILES string of the molecule is CN(CCC(=O)N1CCc2ccccc2C1)c1ccccc1. The molecule has 3 nitrogen and oxygen atoms in total. The predicted octanol–water partition coefficient (Wildman–Crippen LogP) is 3.10. The fourth-order valence-corrected chi connectivity index (χ4v) is 2.94. The molecule has 0 unspecified atom stereocenters. The molecular formula is C19H22N2O. The summed E-state index contributed by atoms with van der Waals surface area (Å²) >= 11 is 0. The summed E-state index contributed by atoms with van der Waals surface area (Å²) in [4.78, 5) is 16.6. The van der Waals surface area contributed by atoms with E-state index in [1.165, 1.54) is 11.1 Å². The highest BCUT2D eigenvalue weighted by atomic mass is 16.2. The topological polar surface area (TPSA) is 23.6 Å². The smallest absolute Gasteiger partial charge is 0.224 e. The molecule has 1 heterocycles. The van der Waals surface area contributed by atoms with Crippen molar-refractivity contribution in [2.45, 2.75) is 19.4 Å². The molecule has 3 rings (SSSR count). The van der Waals surface area contributed by atoms with Crippen molar-refractivity contribution >= 4 is 11.6 Å². The van der Waals surface area contributed by atoms with Gasteiger partial charge < -0.3 is 9.80 Å². The molecule has 0 spiro atoms. The highest BCUT2D eigenvalue weighted by Crippen LogP contribution is 2.19. The minimum absolute atomic E-state index is 0.247. The number of benzene rings is 2. The first-order chi connectivity index (χ1) is 10.7. The van der Waals surface area contributed by atoms with Crippen LogP contribution in [0.15, 0.2) is 54.6 Å². The van der Waals surface area contributed by atoms with Crippen LogP contribution in [0.3, 0.4) is 0 Å². The number of hydrogen-bond donors (Lipinski definition) is 0. The Morgan fingerprint density at radius 3 is 2.50 bits per heavy atom. The molecule has 2 aromatic rings. The predicted molar refractivity (Wildman–Crippen MR) is 89.9 cm³/mol. The zero-order valence-electron chi connectivity index (χ0n) is 13.0. The highest BCUT2D eigenvalue weighted by molar-refractivity contribution is 5.77. The van der Waals surface area contributed by atoms with Gasteiger partial charge in [0.25, 0.3) is 0 Å². The average Bonchev–Trinajstić information content (AvgIpc) is 2.59. The van der Waals surface area contributed by atoms with E-state index in [-0.39, 0.29) is 5.91 Å². The van der Waals surface area contributed by atoms with Gasteiger partial charge in [-0.1, -0.05) is 42.5 Å². The molecule has 0 N–H and O–H groups in total. The minimum atomic E-state index is 0.247. The van der Waals surface area contributed by atoms with Crippen molar-refractivity contribution in [2.75, 3.05) is 25.0 Å². The van der Waals surface area contributed by atoms with Crippen molar-refractivity contribution in [1.82, 2.24) is 4.90 Å². The lowest BCUT2D eigenvalue weighted by atomic mass is 10.00. The van der Waals surface area contributed by atoms with E-state index in [4.69, 9.17) is 0 Å². The molecule has 1 amide bonds. The molecule has 1 aliphatic heterocycles. The fourth-order valence-electron chi connectivity index (χ4n) is 2.94. The first-order valence-electron chi connectivity index (χ1n) is 7.85. The molecule has 114 valence electrons. The molecule has 0 aromatic heterocycles. The quantitative estimate of drug-likeness (QED) is 0.865. The molecule has 3 heteroatoms. The molecule has 22 heavy (non-hydrogen) atoms. The summed E-state index contributed by atoms with van der Waals surface area (Å²) in [5.74, 6) is 0.247. The van der Waals surface area contributed by atoms with Crippen LogP contribution in [0.2, 0.25) is 0 Å². The van der Waals surface area contributed by atoms with Gasteiger partial charge in [-0.05, 0) is 29.7 Å². The molecule has 1 aliphatic rings. The van der Waals surface area contributed by atoms with Crippen LogP contribution in [-0.2, 0) is 17.8 Å². The molecular weight excluding hydrogens is 272 g/mol. The van der Waals surface area contributed by atoms with Crippen LogP contribution >= 0.6 is 0 Å². The Balaban J connectivity index is 1.55. The summed E-state index contributed by atoms with van der Waals surface area (Å²) in [7, 11) is 2.04. The van der Waals surface area contributed by atoms with E-state index < -0.39 is 0 Å². The summed E-state index contributed by atoms with van der Waals surface area (Å²) in [6, 6.07) is 18.6. The van der Waals surface area contributed by atoms with Crippen molar-refractivity contribution in [3.8, 4) is 0 Å². The second-order valence-corrected chi connectivity index (χ2v) is 5.84. The highest BCUT2D eigenvalue weighted by Gasteiger charge is 2.20. The van der Waals surface area contributed by atoms with E-state index in [1.807, 2.05) is 30.1 Å². The molecule has 0 fully saturated rings. The lowest BCUT2D eigenvalue weighted by Crippen LogP contribution is -2.37. The standard InChI is InChI=1S/C19H22N2O/c1-20(18-9-3-2-4-10-18)13-12-19(22)21-14-11-16-7-5-6-8-17(16)15-21/h2-10H,11-15H2,1H3. The number of para-hydroxylation sites is 1. The Bertz CT molecular complexity index is 639. The Kier molecular flexibility index (Phi) is 4.42. The third-order valence-corrected chi connectivity index (χ3v) is 4.34. The van der Waals surface area contributed by atoms with E-state index >= 15 is 0 Å². The van der Waals surface area contributed by atoms with Crippen LogP contribution in [-0.4, -0.2) is 30.9 Å². The van der Waals surface area contributed by atoms with Crippen LogP contribution < -0.4 is 4.90 Å². The summed E-state index contributed by atoms with van der Waals surface area (Å²) in [6.07, 6.45) is 1.53. The van der Waals surface area contributed by atoms with Gasteiger partial charge in [0.15, 0.2) is 0 Å². The zero-order valence-corrected chi connectivity index (χ0v) is 13.0. The lowest BCUT2D eigenvalue weighted by Gasteiger charge is -2.29. The Hall–Kier alpha value is -2.29. The van der Waals surface area contributed by atoms with E-state index in [2.05, 4.69) is 41.3 Å². The van der Waals surface area contributed by atoms with Gasteiger partial charge in [-0.2, -0.15) is 0 Å². The summed E-state index contributed by atoms with van der Waals surface area (Å²) in [5, 5.41) is 0. The van der Waals surface area contributed by atoms with Crippen LogP contribution in [0.25, 0.3) is 0 Å². The third kappa shape index (κ3) is 3.30. The summed E-state index contributed by atoms with van der Waals surface area (Å²) in [5.41, 5.74) is 3.82.